The lowest BCUT2D eigenvalue weighted by molar-refractivity contribution is -0.0289. The van der Waals surface area contributed by atoms with Gasteiger partial charge in [0.2, 0.25) is 0 Å². The van der Waals surface area contributed by atoms with Gasteiger partial charge in [0.1, 0.15) is 6.23 Å². The summed E-state index contributed by atoms with van der Waals surface area (Å²) < 4.78 is 5.70. The Balaban J connectivity index is 2.47. The molecule has 0 aromatic carbocycles. The van der Waals surface area contributed by atoms with E-state index in [2.05, 4.69) is 25.7 Å². The van der Waals surface area contributed by atoms with E-state index in [4.69, 9.17) is 9.84 Å². The van der Waals surface area contributed by atoms with Crippen molar-refractivity contribution >= 4 is 0 Å². The van der Waals surface area contributed by atoms with Gasteiger partial charge in [0, 0.05) is 13.1 Å². The van der Waals surface area contributed by atoms with E-state index in [1.54, 1.807) is 0 Å². The first-order valence-electron chi connectivity index (χ1n) is 4.65. The maximum Gasteiger partial charge on any atom is 0.113 e. The minimum atomic E-state index is 0.201. The molecule has 1 aliphatic heterocycles. The fourth-order valence-corrected chi connectivity index (χ4v) is 1.73. The Morgan fingerprint density at radius 1 is 1.58 bits per heavy atom. The molecule has 12 heavy (non-hydrogen) atoms. The van der Waals surface area contributed by atoms with Crippen molar-refractivity contribution in [2.24, 2.45) is 5.92 Å². The summed E-state index contributed by atoms with van der Waals surface area (Å²) >= 11 is 0. The number of hydrogen-bond donors (Lipinski definition) is 1. The van der Waals surface area contributed by atoms with Gasteiger partial charge in [-0.1, -0.05) is 13.8 Å². The second kappa shape index (κ2) is 4.21. The van der Waals surface area contributed by atoms with Gasteiger partial charge in [-0.05, 0) is 12.8 Å². The Hall–Kier alpha value is -0.120. The Bertz CT molecular complexity index is 138. The molecule has 0 radical (unpaired) electrons. The molecule has 0 saturated carbocycles. The van der Waals surface area contributed by atoms with Crippen LogP contribution < -0.4 is 0 Å². The Morgan fingerprint density at radius 2 is 2.25 bits per heavy atom. The topological polar surface area (TPSA) is 32.7 Å². The summed E-state index contributed by atoms with van der Waals surface area (Å²) in [5.74, 6) is 0.501. The van der Waals surface area contributed by atoms with E-state index in [0.29, 0.717) is 12.0 Å². The summed E-state index contributed by atoms with van der Waals surface area (Å²) in [5, 5.41) is 8.82. The monoisotopic (exact) mass is 173 g/mol. The van der Waals surface area contributed by atoms with E-state index >= 15 is 0 Å². The quantitative estimate of drug-likeness (QED) is 0.681. The highest BCUT2D eigenvalue weighted by Crippen LogP contribution is 2.21. The van der Waals surface area contributed by atoms with Gasteiger partial charge in [-0.15, -0.1) is 0 Å². The van der Waals surface area contributed by atoms with Gasteiger partial charge in [0.25, 0.3) is 0 Å². The van der Waals surface area contributed by atoms with E-state index < -0.39 is 0 Å². The van der Waals surface area contributed by atoms with E-state index in [1.807, 2.05) is 0 Å². The summed E-state index contributed by atoms with van der Waals surface area (Å²) in [6.45, 7) is 8.27. The molecule has 1 saturated heterocycles. The van der Waals surface area contributed by atoms with Gasteiger partial charge in [-0.2, -0.15) is 0 Å². The molecule has 0 bridgehead atoms. The molecule has 72 valence electrons. The Kier molecular flexibility index (Phi) is 3.50. The van der Waals surface area contributed by atoms with Crippen molar-refractivity contribution in [3.63, 3.8) is 0 Å². The molecule has 1 N–H and O–H groups in total. The Morgan fingerprint density at radius 3 is 2.75 bits per heavy atom. The molecule has 2 unspecified atom stereocenters. The summed E-state index contributed by atoms with van der Waals surface area (Å²) in [6, 6.07) is 0. The van der Waals surface area contributed by atoms with Crippen molar-refractivity contribution in [1.29, 1.82) is 0 Å². The minimum Gasteiger partial charge on any atom is -0.395 e. The largest absolute Gasteiger partial charge is 0.395 e. The number of β-amino-alcohol motifs (C(OH)–C–C–N with tert-alkyl or cyclic N) is 1. The standard InChI is InChI=1S/C9H19NO2/c1-7(2)9-10(4-5-11)6-8(3)12-9/h7-9,11H,4-6H2,1-3H3. The summed E-state index contributed by atoms with van der Waals surface area (Å²) in [5.41, 5.74) is 0. The van der Waals surface area contributed by atoms with Crippen LogP contribution in [0.25, 0.3) is 0 Å². The van der Waals surface area contributed by atoms with Crippen LogP contribution in [0.3, 0.4) is 0 Å². The summed E-state index contributed by atoms with van der Waals surface area (Å²) in [6.07, 6.45) is 0.510. The normalized spacial score (nSPS) is 31.8. The lowest BCUT2D eigenvalue weighted by Gasteiger charge is -2.24. The molecule has 1 heterocycles. The lowest BCUT2D eigenvalue weighted by Crippen LogP contribution is -2.36. The maximum atomic E-state index is 8.82. The van der Waals surface area contributed by atoms with E-state index in [0.717, 1.165) is 13.1 Å². The van der Waals surface area contributed by atoms with Crippen LogP contribution in [0.4, 0.5) is 0 Å². The second-order valence-electron chi connectivity index (χ2n) is 3.80. The van der Waals surface area contributed by atoms with Gasteiger partial charge in [0.05, 0.1) is 12.7 Å². The smallest absolute Gasteiger partial charge is 0.113 e. The van der Waals surface area contributed by atoms with Crippen LogP contribution in [-0.4, -0.2) is 42.0 Å². The number of aliphatic hydroxyl groups excluding tert-OH is 1. The predicted molar refractivity (Wildman–Crippen MR) is 47.8 cm³/mol. The molecule has 0 aromatic heterocycles. The van der Waals surface area contributed by atoms with E-state index in [-0.39, 0.29) is 12.8 Å². The molecule has 2 atom stereocenters. The summed E-state index contributed by atoms with van der Waals surface area (Å²) in [7, 11) is 0. The first-order chi connectivity index (χ1) is 5.65. The highest BCUT2D eigenvalue weighted by Gasteiger charge is 2.31. The average molecular weight is 173 g/mol. The molecular formula is C9H19NO2. The summed E-state index contributed by atoms with van der Waals surface area (Å²) in [4.78, 5) is 2.20. The van der Waals surface area contributed by atoms with Crippen LogP contribution >= 0.6 is 0 Å². The average Bonchev–Trinajstić information content (AvgIpc) is 2.32. The molecule has 1 fully saturated rings. The van der Waals surface area contributed by atoms with Crippen LogP contribution in [-0.2, 0) is 4.74 Å². The molecule has 1 rings (SSSR count). The number of aliphatic hydroxyl groups is 1. The lowest BCUT2D eigenvalue weighted by atomic mass is 10.2. The molecule has 0 aromatic rings. The predicted octanol–water partition coefficient (Wildman–Crippen LogP) is 0.681. The second-order valence-corrected chi connectivity index (χ2v) is 3.80. The molecule has 1 aliphatic rings. The van der Waals surface area contributed by atoms with E-state index in [9.17, 15) is 0 Å². The molecule has 0 spiro atoms. The van der Waals surface area contributed by atoms with Gasteiger partial charge in [-0.3, -0.25) is 4.90 Å². The van der Waals surface area contributed by atoms with Crippen LogP contribution in [0, 0.1) is 5.92 Å². The van der Waals surface area contributed by atoms with Gasteiger partial charge < -0.3 is 9.84 Å². The van der Waals surface area contributed by atoms with Crippen LogP contribution in [0.1, 0.15) is 20.8 Å². The number of rotatable bonds is 3. The van der Waals surface area contributed by atoms with Crippen molar-refractivity contribution in [1.82, 2.24) is 4.90 Å². The van der Waals surface area contributed by atoms with Crippen LogP contribution in [0.2, 0.25) is 0 Å². The van der Waals surface area contributed by atoms with Crippen LogP contribution in [0.5, 0.6) is 0 Å². The van der Waals surface area contributed by atoms with Gasteiger partial charge >= 0.3 is 0 Å². The first-order valence-corrected chi connectivity index (χ1v) is 4.65. The number of ether oxygens (including phenoxy) is 1. The molecule has 3 nitrogen and oxygen atoms in total. The third-order valence-corrected chi connectivity index (χ3v) is 2.18. The highest BCUT2D eigenvalue weighted by molar-refractivity contribution is 4.76. The fourth-order valence-electron chi connectivity index (χ4n) is 1.73. The van der Waals surface area contributed by atoms with Crippen molar-refractivity contribution in [3.8, 4) is 0 Å². The van der Waals surface area contributed by atoms with Crippen molar-refractivity contribution in [2.45, 2.75) is 33.1 Å². The molecule has 0 amide bonds. The van der Waals surface area contributed by atoms with Crippen LogP contribution in [0.15, 0.2) is 0 Å². The van der Waals surface area contributed by atoms with Gasteiger partial charge in [0.15, 0.2) is 0 Å². The van der Waals surface area contributed by atoms with Gasteiger partial charge in [-0.25, -0.2) is 0 Å². The Labute approximate surface area is 74.3 Å². The van der Waals surface area contributed by atoms with Crippen molar-refractivity contribution in [2.75, 3.05) is 19.7 Å². The zero-order chi connectivity index (χ0) is 9.14. The van der Waals surface area contributed by atoms with E-state index in [1.165, 1.54) is 0 Å². The zero-order valence-corrected chi connectivity index (χ0v) is 8.16. The molecule has 0 aliphatic carbocycles. The number of nitrogens with zero attached hydrogens (tertiary/aromatic N) is 1. The third-order valence-electron chi connectivity index (χ3n) is 2.18. The molecule has 3 heteroatoms. The van der Waals surface area contributed by atoms with Crippen molar-refractivity contribution in [3.05, 3.63) is 0 Å². The maximum absolute atomic E-state index is 8.82. The highest BCUT2D eigenvalue weighted by atomic mass is 16.5. The zero-order valence-electron chi connectivity index (χ0n) is 8.16. The SMILES string of the molecule is CC1CN(CCO)C(C(C)C)O1. The first kappa shape index (κ1) is 9.96. The third kappa shape index (κ3) is 2.19. The molecular weight excluding hydrogens is 154 g/mol. The van der Waals surface area contributed by atoms with Crippen molar-refractivity contribution < 1.29 is 9.84 Å². The minimum absolute atomic E-state index is 0.201. The number of hydrogen-bond acceptors (Lipinski definition) is 3. The fraction of sp³-hybridized carbons (Fsp3) is 1.00.